The zero-order valence-electron chi connectivity index (χ0n) is 16.9. The van der Waals surface area contributed by atoms with Gasteiger partial charge in [-0.15, -0.1) is 0 Å². The van der Waals surface area contributed by atoms with Gasteiger partial charge in [0.05, 0.1) is 23.0 Å². The summed E-state index contributed by atoms with van der Waals surface area (Å²) in [6.07, 6.45) is 0. The monoisotopic (exact) mass is 467 g/mol. The third kappa shape index (κ3) is 7.22. The van der Waals surface area contributed by atoms with E-state index < -0.39 is 20.0 Å². The lowest BCUT2D eigenvalue weighted by atomic mass is 10.1. The molecule has 0 bridgehead atoms. The van der Waals surface area contributed by atoms with Gasteiger partial charge in [-0.2, -0.15) is 0 Å². The summed E-state index contributed by atoms with van der Waals surface area (Å²) in [4.78, 5) is 0.121. The minimum Gasteiger partial charge on any atom is -0.384 e. The molecule has 0 aromatic heterocycles. The maximum atomic E-state index is 12.2. The fourth-order valence-corrected chi connectivity index (χ4v) is 4.49. The SMILES string of the molecule is CC(=N)c1ccc(S(=O)(=O)NCCOCCNS(=O)(=O)c2ccc(C(=N)N)cc2)cc1. The van der Waals surface area contributed by atoms with Crippen molar-refractivity contribution in [3.05, 3.63) is 59.7 Å². The molecule has 0 amide bonds. The molecule has 168 valence electrons. The van der Waals surface area contributed by atoms with Gasteiger partial charge in [-0.05, 0) is 48.9 Å². The summed E-state index contributed by atoms with van der Waals surface area (Å²) in [5, 5.41) is 14.8. The van der Waals surface area contributed by atoms with Crippen molar-refractivity contribution in [2.24, 2.45) is 5.73 Å². The third-order valence-electron chi connectivity index (χ3n) is 4.15. The maximum absolute atomic E-state index is 12.2. The van der Waals surface area contributed by atoms with E-state index in [-0.39, 0.29) is 41.9 Å². The van der Waals surface area contributed by atoms with Crippen molar-refractivity contribution in [2.75, 3.05) is 26.3 Å². The van der Waals surface area contributed by atoms with Gasteiger partial charge in [-0.25, -0.2) is 26.3 Å². The molecule has 12 heteroatoms. The van der Waals surface area contributed by atoms with Crippen LogP contribution in [0.1, 0.15) is 18.1 Å². The Balaban J connectivity index is 1.73. The van der Waals surface area contributed by atoms with Crippen LogP contribution in [0.2, 0.25) is 0 Å². The molecule has 0 aliphatic heterocycles. The fraction of sp³-hybridized carbons (Fsp3) is 0.263. The first-order chi connectivity index (χ1) is 14.5. The Bertz CT molecular complexity index is 1040. The van der Waals surface area contributed by atoms with Crippen LogP contribution in [-0.2, 0) is 24.8 Å². The van der Waals surface area contributed by atoms with Crippen molar-refractivity contribution < 1.29 is 21.6 Å². The van der Waals surface area contributed by atoms with Gasteiger partial charge in [0.15, 0.2) is 0 Å². The number of nitrogen functional groups attached to an aromatic ring is 1. The van der Waals surface area contributed by atoms with Gasteiger partial charge in [0, 0.05) is 24.4 Å². The van der Waals surface area contributed by atoms with E-state index in [9.17, 15) is 16.8 Å². The first-order valence-corrected chi connectivity index (χ1v) is 12.2. The van der Waals surface area contributed by atoms with Crippen molar-refractivity contribution in [2.45, 2.75) is 16.7 Å². The van der Waals surface area contributed by atoms with E-state index in [4.69, 9.17) is 21.3 Å². The van der Waals surface area contributed by atoms with Crippen LogP contribution >= 0.6 is 0 Å². The van der Waals surface area contributed by atoms with Crippen LogP contribution in [0.25, 0.3) is 0 Å². The summed E-state index contributed by atoms with van der Waals surface area (Å²) in [5.41, 5.74) is 6.74. The Morgan fingerprint density at radius 2 is 1.19 bits per heavy atom. The zero-order chi connectivity index (χ0) is 23.1. The number of benzene rings is 2. The number of amidine groups is 1. The lowest BCUT2D eigenvalue weighted by Gasteiger charge is -2.09. The molecular weight excluding hydrogens is 442 g/mol. The molecule has 0 spiro atoms. The topological polar surface area (TPSA) is 175 Å². The lowest BCUT2D eigenvalue weighted by Crippen LogP contribution is -2.30. The smallest absolute Gasteiger partial charge is 0.240 e. The summed E-state index contributed by atoms with van der Waals surface area (Å²) in [5.74, 6) is -0.153. The molecule has 6 N–H and O–H groups in total. The van der Waals surface area contributed by atoms with E-state index in [1.807, 2.05) is 0 Å². The van der Waals surface area contributed by atoms with Gasteiger partial charge in [0.2, 0.25) is 20.0 Å². The molecular formula is C19H25N5O5S2. The van der Waals surface area contributed by atoms with Crippen LogP contribution in [0.4, 0.5) is 0 Å². The van der Waals surface area contributed by atoms with Crippen molar-refractivity contribution in [3.8, 4) is 0 Å². The van der Waals surface area contributed by atoms with Crippen molar-refractivity contribution >= 4 is 31.6 Å². The second-order valence-electron chi connectivity index (χ2n) is 6.50. The van der Waals surface area contributed by atoms with Crippen LogP contribution in [0.5, 0.6) is 0 Å². The molecule has 0 heterocycles. The minimum atomic E-state index is -3.73. The average Bonchev–Trinajstić information content (AvgIpc) is 2.73. The molecule has 0 unspecified atom stereocenters. The highest BCUT2D eigenvalue weighted by Gasteiger charge is 2.15. The molecule has 0 aliphatic carbocycles. The summed E-state index contributed by atoms with van der Waals surface area (Å²) >= 11 is 0. The predicted molar refractivity (Wildman–Crippen MR) is 118 cm³/mol. The minimum absolute atomic E-state index is 0.00792. The van der Waals surface area contributed by atoms with E-state index in [1.165, 1.54) is 36.4 Å². The third-order valence-corrected chi connectivity index (χ3v) is 7.10. The molecule has 0 fully saturated rings. The number of ether oxygens (including phenoxy) is 1. The van der Waals surface area contributed by atoms with Crippen LogP contribution < -0.4 is 15.2 Å². The molecule has 2 aromatic rings. The Labute approximate surface area is 181 Å². The highest BCUT2D eigenvalue weighted by molar-refractivity contribution is 7.89. The molecule has 10 nitrogen and oxygen atoms in total. The van der Waals surface area contributed by atoms with Gasteiger partial charge >= 0.3 is 0 Å². The van der Waals surface area contributed by atoms with Gasteiger partial charge in [0.25, 0.3) is 0 Å². The number of nitrogens with two attached hydrogens (primary N) is 1. The fourth-order valence-electron chi connectivity index (χ4n) is 2.46. The Morgan fingerprint density at radius 3 is 1.55 bits per heavy atom. The number of nitrogens with one attached hydrogen (secondary N) is 4. The molecule has 0 atom stereocenters. The molecule has 31 heavy (non-hydrogen) atoms. The van der Waals surface area contributed by atoms with Crippen LogP contribution in [0, 0.1) is 10.8 Å². The second kappa shape index (κ2) is 10.6. The highest BCUT2D eigenvalue weighted by Crippen LogP contribution is 2.11. The van der Waals surface area contributed by atoms with Gasteiger partial charge in [-0.3, -0.25) is 5.41 Å². The molecule has 2 aromatic carbocycles. The number of sulfonamides is 2. The van der Waals surface area contributed by atoms with E-state index in [2.05, 4.69) is 9.44 Å². The maximum Gasteiger partial charge on any atom is 0.240 e. The highest BCUT2D eigenvalue weighted by atomic mass is 32.2. The van der Waals surface area contributed by atoms with E-state index in [0.717, 1.165) is 0 Å². The van der Waals surface area contributed by atoms with E-state index >= 15 is 0 Å². The summed E-state index contributed by atoms with van der Waals surface area (Å²) in [7, 11) is -7.43. The standard InChI is InChI=1S/C19H25N5O5S2/c1-14(20)15-2-6-17(7-3-15)30(25,26)23-10-12-29-13-11-24-31(27,28)18-8-4-16(5-9-18)19(21)22/h2-9,20,23-24H,10-13H2,1H3,(H3,21,22). The van der Waals surface area contributed by atoms with Gasteiger partial charge in [-0.1, -0.05) is 12.1 Å². The van der Waals surface area contributed by atoms with Gasteiger partial charge < -0.3 is 15.9 Å². The number of hydrogen-bond acceptors (Lipinski definition) is 7. The Hall–Kier alpha value is -2.64. The van der Waals surface area contributed by atoms with Crippen LogP contribution in [-0.4, -0.2) is 54.7 Å². The molecule has 0 saturated heterocycles. The first-order valence-electron chi connectivity index (χ1n) is 9.20. The Morgan fingerprint density at radius 1 is 0.806 bits per heavy atom. The summed E-state index contributed by atoms with van der Waals surface area (Å²) < 4.78 is 58.9. The van der Waals surface area contributed by atoms with Crippen molar-refractivity contribution in [1.82, 2.24) is 9.44 Å². The summed E-state index contributed by atoms with van der Waals surface area (Å²) in [6.45, 7) is 1.76. The Kier molecular flexibility index (Phi) is 8.42. The normalized spacial score (nSPS) is 11.9. The average molecular weight is 468 g/mol. The zero-order valence-corrected chi connectivity index (χ0v) is 18.5. The van der Waals surface area contributed by atoms with Gasteiger partial charge in [0.1, 0.15) is 5.84 Å². The molecule has 2 rings (SSSR count). The second-order valence-corrected chi connectivity index (χ2v) is 10.0. The van der Waals surface area contributed by atoms with E-state index in [1.54, 1.807) is 19.1 Å². The lowest BCUT2D eigenvalue weighted by molar-refractivity contribution is 0.144. The number of hydrogen-bond donors (Lipinski definition) is 5. The molecule has 0 saturated carbocycles. The van der Waals surface area contributed by atoms with Crippen LogP contribution in [0.3, 0.4) is 0 Å². The largest absolute Gasteiger partial charge is 0.384 e. The molecule has 0 radical (unpaired) electrons. The predicted octanol–water partition coefficient (Wildman–Crippen LogP) is 0.632. The quantitative estimate of drug-likeness (QED) is 0.174. The van der Waals surface area contributed by atoms with Crippen molar-refractivity contribution in [3.63, 3.8) is 0 Å². The number of rotatable bonds is 12. The van der Waals surface area contributed by atoms with Crippen molar-refractivity contribution in [1.29, 1.82) is 10.8 Å². The summed E-state index contributed by atoms with van der Waals surface area (Å²) in [6, 6.07) is 11.6. The first kappa shape index (κ1) is 24.6. The molecule has 0 aliphatic rings. The van der Waals surface area contributed by atoms with E-state index in [0.29, 0.717) is 16.8 Å². The van der Waals surface area contributed by atoms with Crippen LogP contribution in [0.15, 0.2) is 58.3 Å².